The van der Waals surface area contributed by atoms with Crippen molar-refractivity contribution in [2.75, 3.05) is 0 Å². The summed E-state index contributed by atoms with van der Waals surface area (Å²) >= 11 is 10.7. The van der Waals surface area contributed by atoms with Crippen molar-refractivity contribution >= 4 is 49.0 Å². The Bertz CT molecular complexity index is 438. The lowest BCUT2D eigenvalue weighted by Crippen LogP contribution is -1.72. The Morgan fingerprint density at radius 3 is 3.00 bits per heavy atom. The summed E-state index contributed by atoms with van der Waals surface area (Å²) in [5.74, 6) is 0.155. The number of fused-ring (bicyclic) bond motifs is 1. The summed E-state index contributed by atoms with van der Waals surface area (Å²) in [7, 11) is 0. The van der Waals surface area contributed by atoms with Crippen molar-refractivity contribution < 1.29 is 5.11 Å². The zero-order valence-electron chi connectivity index (χ0n) is 5.84. The fraction of sp³-hybridized carbons (Fsp3) is 0. The zero-order valence-corrected chi connectivity index (χ0v) is 9.00. The van der Waals surface area contributed by atoms with E-state index in [1.54, 1.807) is 11.3 Å². The molecule has 0 aliphatic carbocycles. The Kier molecular flexibility index (Phi) is 2.02. The summed E-state index contributed by atoms with van der Waals surface area (Å²) in [5.41, 5.74) is 0. The topological polar surface area (TPSA) is 20.2 Å². The summed E-state index contributed by atoms with van der Waals surface area (Å²) in [6.07, 6.45) is 0. The van der Waals surface area contributed by atoms with Gasteiger partial charge in [0.1, 0.15) is 5.75 Å². The van der Waals surface area contributed by atoms with Crippen LogP contribution >= 0.6 is 38.9 Å². The highest BCUT2D eigenvalue weighted by molar-refractivity contribution is 9.10. The van der Waals surface area contributed by atoms with Crippen molar-refractivity contribution in [2.45, 2.75) is 0 Å². The van der Waals surface area contributed by atoms with Gasteiger partial charge in [0.25, 0.3) is 0 Å². The molecule has 0 unspecified atom stereocenters. The molecular weight excluding hydrogens is 260 g/mol. The molecule has 1 heterocycles. The molecule has 1 aromatic carbocycles. The lowest BCUT2D eigenvalue weighted by atomic mass is 10.2. The van der Waals surface area contributed by atoms with E-state index in [-0.39, 0.29) is 5.75 Å². The first-order valence-corrected chi connectivity index (χ1v) is 5.29. The molecule has 0 spiro atoms. The van der Waals surface area contributed by atoms with E-state index in [0.29, 0.717) is 5.02 Å². The van der Waals surface area contributed by atoms with Crippen molar-refractivity contribution in [3.05, 3.63) is 27.0 Å². The number of hydrogen-bond donors (Lipinski definition) is 1. The third kappa shape index (κ3) is 1.13. The highest BCUT2D eigenvalue weighted by Gasteiger charge is 2.09. The van der Waals surface area contributed by atoms with E-state index in [2.05, 4.69) is 15.9 Å². The molecule has 0 saturated carbocycles. The molecule has 4 heteroatoms. The van der Waals surface area contributed by atoms with Crippen LogP contribution in [0.3, 0.4) is 0 Å². The summed E-state index contributed by atoms with van der Waals surface area (Å²) in [6.45, 7) is 0. The Labute approximate surface area is 86.7 Å². The number of hydrogen-bond acceptors (Lipinski definition) is 2. The van der Waals surface area contributed by atoms with Gasteiger partial charge in [-0.1, -0.05) is 11.6 Å². The van der Waals surface area contributed by atoms with Gasteiger partial charge < -0.3 is 5.11 Å². The van der Waals surface area contributed by atoms with E-state index in [9.17, 15) is 5.11 Å². The maximum absolute atomic E-state index is 9.57. The molecule has 62 valence electrons. The van der Waals surface area contributed by atoms with E-state index in [4.69, 9.17) is 11.6 Å². The van der Waals surface area contributed by atoms with Crippen molar-refractivity contribution in [1.82, 2.24) is 0 Å². The molecule has 0 saturated heterocycles. The maximum atomic E-state index is 9.57. The molecule has 0 amide bonds. The first kappa shape index (κ1) is 8.35. The third-order valence-corrected chi connectivity index (χ3v) is 3.73. The van der Waals surface area contributed by atoms with Gasteiger partial charge in [0.15, 0.2) is 0 Å². The molecular formula is C8H4BrClOS. The molecule has 0 fully saturated rings. The quantitative estimate of drug-likeness (QED) is 0.761. The van der Waals surface area contributed by atoms with Crippen LogP contribution in [0.25, 0.3) is 10.1 Å². The predicted molar refractivity (Wildman–Crippen MR) is 56.2 cm³/mol. The average molecular weight is 264 g/mol. The van der Waals surface area contributed by atoms with Gasteiger partial charge in [0, 0.05) is 14.6 Å². The summed E-state index contributed by atoms with van der Waals surface area (Å²) in [5, 5.41) is 12.7. The minimum absolute atomic E-state index is 0.155. The number of rotatable bonds is 0. The lowest BCUT2D eigenvalue weighted by Gasteiger charge is -2.00. The highest BCUT2D eigenvalue weighted by atomic mass is 79.9. The van der Waals surface area contributed by atoms with E-state index in [0.717, 1.165) is 14.6 Å². The van der Waals surface area contributed by atoms with Crippen LogP contribution in [0.4, 0.5) is 0 Å². The predicted octanol–water partition coefficient (Wildman–Crippen LogP) is 4.02. The lowest BCUT2D eigenvalue weighted by molar-refractivity contribution is 0.481. The van der Waals surface area contributed by atoms with E-state index in [1.165, 1.54) is 0 Å². The Hall–Kier alpha value is -0.250. The van der Waals surface area contributed by atoms with Crippen molar-refractivity contribution in [3.8, 4) is 5.75 Å². The highest BCUT2D eigenvalue weighted by Crippen LogP contribution is 2.40. The minimum atomic E-state index is 0.155. The number of aromatic hydroxyl groups is 1. The fourth-order valence-electron chi connectivity index (χ4n) is 1.04. The van der Waals surface area contributed by atoms with Crippen LogP contribution in [0, 0.1) is 0 Å². The molecule has 1 nitrogen and oxygen atoms in total. The summed E-state index contributed by atoms with van der Waals surface area (Å²) in [4.78, 5) is 0. The van der Waals surface area contributed by atoms with Gasteiger partial charge in [0.05, 0.1) is 5.02 Å². The molecule has 12 heavy (non-hydrogen) atoms. The third-order valence-electron chi connectivity index (χ3n) is 1.63. The SMILES string of the molecule is Oc1c(Cl)c(Br)cc2sccc12. The van der Waals surface area contributed by atoms with Gasteiger partial charge in [-0.3, -0.25) is 0 Å². The maximum Gasteiger partial charge on any atom is 0.143 e. The number of phenols is 1. The molecule has 2 rings (SSSR count). The van der Waals surface area contributed by atoms with E-state index in [1.807, 2.05) is 17.5 Å². The standard InChI is InChI=1S/C8H4BrClOS/c9-5-3-6-4(1-2-12-6)8(11)7(5)10/h1-3,11H. The Morgan fingerprint density at radius 1 is 1.50 bits per heavy atom. The van der Waals surface area contributed by atoms with Crippen molar-refractivity contribution in [2.24, 2.45) is 0 Å². The monoisotopic (exact) mass is 262 g/mol. The van der Waals surface area contributed by atoms with Crippen LogP contribution in [0.2, 0.25) is 5.02 Å². The second kappa shape index (κ2) is 2.91. The largest absolute Gasteiger partial charge is 0.506 e. The first-order valence-electron chi connectivity index (χ1n) is 3.24. The Morgan fingerprint density at radius 2 is 2.25 bits per heavy atom. The summed E-state index contributed by atoms with van der Waals surface area (Å²) < 4.78 is 1.76. The number of halogens is 2. The normalized spacial score (nSPS) is 10.8. The van der Waals surface area contributed by atoms with Crippen LogP contribution < -0.4 is 0 Å². The minimum Gasteiger partial charge on any atom is -0.506 e. The second-order valence-corrected chi connectivity index (χ2v) is 4.53. The van der Waals surface area contributed by atoms with Crippen molar-refractivity contribution in [3.63, 3.8) is 0 Å². The van der Waals surface area contributed by atoms with E-state index >= 15 is 0 Å². The molecule has 0 radical (unpaired) electrons. The van der Waals surface area contributed by atoms with Crippen molar-refractivity contribution in [1.29, 1.82) is 0 Å². The van der Waals surface area contributed by atoms with Gasteiger partial charge in [-0.05, 0) is 33.4 Å². The van der Waals surface area contributed by atoms with Crippen LogP contribution in [0.15, 0.2) is 22.0 Å². The van der Waals surface area contributed by atoms with Gasteiger partial charge in [-0.15, -0.1) is 11.3 Å². The molecule has 0 bridgehead atoms. The molecule has 0 aliphatic heterocycles. The van der Waals surface area contributed by atoms with Gasteiger partial charge in [-0.25, -0.2) is 0 Å². The summed E-state index contributed by atoms with van der Waals surface area (Å²) in [6, 6.07) is 3.76. The first-order chi connectivity index (χ1) is 5.70. The van der Waals surface area contributed by atoms with Gasteiger partial charge in [0.2, 0.25) is 0 Å². The van der Waals surface area contributed by atoms with E-state index < -0.39 is 0 Å². The second-order valence-electron chi connectivity index (χ2n) is 2.35. The smallest absolute Gasteiger partial charge is 0.143 e. The van der Waals surface area contributed by atoms with Gasteiger partial charge in [-0.2, -0.15) is 0 Å². The fourth-order valence-corrected chi connectivity index (χ4v) is 2.59. The average Bonchev–Trinajstić information content (AvgIpc) is 2.48. The number of phenolic OH excluding ortho intramolecular Hbond substituents is 1. The van der Waals surface area contributed by atoms with Crippen LogP contribution in [0.5, 0.6) is 5.75 Å². The molecule has 2 aromatic rings. The molecule has 0 atom stereocenters. The molecule has 1 aromatic heterocycles. The van der Waals surface area contributed by atoms with Crippen LogP contribution in [-0.4, -0.2) is 5.11 Å². The number of benzene rings is 1. The number of thiophene rings is 1. The molecule has 0 aliphatic rings. The van der Waals surface area contributed by atoms with Gasteiger partial charge >= 0.3 is 0 Å². The Balaban J connectivity index is 2.94. The van der Waals surface area contributed by atoms with Crippen LogP contribution in [-0.2, 0) is 0 Å². The molecule has 1 N–H and O–H groups in total. The van der Waals surface area contributed by atoms with Crippen LogP contribution in [0.1, 0.15) is 0 Å². The zero-order chi connectivity index (χ0) is 8.72.